The van der Waals surface area contributed by atoms with Crippen LogP contribution in [0.1, 0.15) is 28.0 Å². The van der Waals surface area contributed by atoms with Crippen LogP contribution >= 0.6 is 0 Å². The van der Waals surface area contributed by atoms with Crippen molar-refractivity contribution >= 4 is 16.9 Å². The van der Waals surface area contributed by atoms with E-state index in [1.54, 1.807) is 7.11 Å². The second kappa shape index (κ2) is 8.23. The number of carbonyl (C=O) groups excluding carboxylic acids is 1. The van der Waals surface area contributed by atoms with Crippen molar-refractivity contribution in [3.05, 3.63) is 59.4 Å². The highest BCUT2D eigenvalue weighted by atomic mass is 16.5. The number of methoxy groups -OCH3 is 1. The van der Waals surface area contributed by atoms with Crippen molar-refractivity contribution in [3.63, 3.8) is 0 Å². The predicted molar refractivity (Wildman–Crippen MR) is 109 cm³/mol. The van der Waals surface area contributed by atoms with E-state index < -0.39 is 12.1 Å². The van der Waals surface area contributed by atoms with E-state index in [2.05, 4.69) is 10.3 Å². The molecule has 1 aliphatic heterocycles. The molecule has 2 aromatic heterocycles. The number of nitrogens with one attached hydrogen (secondary N) is 1. The molecule has 29 heavy (non-hydrogen) atoms. The molecule has 0 saturated carbocycles. The number of rotatable bonds is 5. The Morgan fingerprint density at radius 3 is 2.86 bits per heavy atom. The third-order valence-electron chi connectivity index (χ3n) is 5.33. The number of benzene rings is 1. The maximum atomic E-state index is 12.8. The Morgan fingerprint density at radius 2 is 2.14 bits per heavy atom. The first kappa shape index (κ1) is 19.4. The standard InChI is InChI=1S/C22H25N3O4/c1-25-9-7-17-21(25)15(11-14-3-5-16(28-2)6-4-14)12-18(23-17)22(27)24-19-13-29-10-8-20(19)26/h3-7,9,12,19-20,26H,8,10-11,13H2,1-2H3,(H,24,27)/t19-,20-/m0/s1. The maximum absolute atomic E-state index is 12.8. The van der Waals surface area contributed by atoms with Crippen molar-refractivity contribution in [3.8, 4) is 5.75 Å². The molecule has 0 spiro atoms. The summed E-state index contributed by atoms with van der Waals surface area (Å²) in [7, 11) is 3.61. The number of ether oxygens (including phenoxy) is 2. The van der Waals surface area contributed by atoms with Crippen molar-refractivity contribution in [2.45, 2.75) is 25.0 Å². The highest BCUT2D eigenvalue weighted by Gasteiger charge is 2.26. The third-order valence-corrected chi connectivity index (χ3v) is 5.33. The minimum Gasteiger partial charge on any atom is -0.497 e. The molecular weight excluding hydrogens is 370 g/mol. The van der Waals surface area contributed by atoms with Gasteiger partial charge in [-0.15, -0.1) is 0 Å². The molecule has 2 atom stereocenters. The maximum Gasteiger partial charge on any atom is 0.270 e. The van der Waals surface area contributed by atoms with Crippen molar-refractivity contribution in [2.75, 3.05) is 20.3 Å². The van der Waals surface area contributed by atoms with Crippen molar-refractivity contribution in [2.24, 2.45) is 7.05 Å². The molecule has 2 N–H and O–H groups in total. The van der Waals surface area contributed by atoms with Gasteiger partial charge in [0.2, 0.25) is 0 Å². The van der Waals surface area contributed by atoms with Gasteiger partial charge in [-0.1, -0.05) is 12.1 Å². The number of fused-ring (bicyclic) bond motifs is 1. The second-order valence-electron chi connectivity index (χ2n) is 7.36. The molecule has 3 heterocycles. The molecule has 0 aliphatic carbocycles. The summed E-state index contributed by atoms with van der Waals surface area (Å²) in [5.74, 6) is 0.502. The van der Waals surface area contributed by atoms with Crippen LogP contribution in [0.4, 0.5) is 0 Å². The summed E-state index contributed by atoms with van der Waals surface area (Å²) < 4.78 is 12.6. The van der Waals surface area contributed by atoms with E-state index in [1.807, 2.05) is 54.2 Å². The molecule has 0 radical (unpaired) electrons. The molecule has 152 valence electrons. The van der Waals surface area contributed by atoms with Gasteiger partial charge in [0.15, 0.2) is 0 Å². The summed E-state index contributed by atoms with van der Waals surface area (Å²) in [6, 6.07) is 11.2. The van der Waals surface area contributed by atoms with Gasteiger partial charge in [-0.05, 0) is 48.2 Å². The molecule has 1 aliphatic rings. The summed E-state index contributed by atoms with van der Waals surface area (Å²) in [5.41, 5.74) is 4.23. The predicted octanol–water partition coefficient (Wildman–Crippen LogP) is 2.05. The summed E-state index contributed by atoms with van der Waals surface area (Å²) in [5, 5.41) is 13.0. The highest BCUT2D eigenvalue weighted by molar-refractivity contribution is 5.95. The van der Waals surface area contributed by atoms with Gasteiger partial charge in [0, 0.05) is 19.9 Å². The van der Waals surface area contributed by atoms with Crippen LogP contribution in [-0.2, 0) is 18.2 Å². The smallest absolute Gasteiger partial charge is 0.270 e. The van der Waals surface area contributed by atoms with Gasteiger partial charge in [-0.2, -0.15) is 0 Å². The van der Waals surface area contributed by atoms with Crippen LogP contribution in [0.3, 0.4) is 0 Å². The first-order valence-electron chi connectivity index (χ1n) is 9.69. The zero-order valence-electron chi connectivity index (χ0n) is 16.6. The molecule has 7 heteroatoms. The van der Waals surface area contributed by atoms with Gasteiger partial charge in [0.1, 0.15) is 11.4 Å². The van der Waals surface area contributed by atoms with Crippen molar-refractivity contribution in [1.29, 1.82) is 0 Å². The van der Waals surface area contributed by atoms with Crippen LogP contribution in [0.15, 0.2) is 42.6 Å². The number of hydrogen-bond donors (Lipinski definition) is 2. The number of aryl methyl sites for hydroxylation is 1. The van der Waals surface area contributed by atoms with Gasteiger partial charge >= 0.3 is 0 Å². The van der Waals surface area contributed by atoms with Gasteiger partial charge in [0.25, 0.3) is 5.91 Å². The van der Waals surface area contributed by atoms with E-state index in [1.165, 1.54) is 0 Å². The number of amides is 1. The summed E-state index contributed by atoms with van der Waals surface area (Å²) in [6.07, 6.45) is 2.51. The summed E-state index contributed by atoms with van der Waals surface area (Å²) >= 11 is 0. The Morgan fingerprint density at radius 1 is 1.34 bits per heavy atom. The lowest BCUT2D eigenvalue weighted by Crippen LogP contribution is -2.49. The lowest BCUT2D eigenvalue weighted by molar-refractivity contribution is -0.0140. The minimum absolute atomic E-state index is 0.304. The lowest BCUT2D eigenvalue weighted by atomic mass is 10.0. The number of aliphatic hydroxyl groups excluding tert-OH is 1. The van der Waals surface area contributed by atoms with Crippen LogP contribution in [0.2, 0.25) is 0 Å². The molecule has 0 unspecified atom stereocenters. The average molecular weight is 395 g/mol. The number of pyridine rings is 1. The lowest BCUT2D eigenvalue weighted by Gasteiger charge is -2.28. The third kappa shape index (κ3) is 4.11. The Hall–Kier alpha value is -2.90. The Kier molecular flexibility index (Phi) is 5.51. The van der Waals surface area contributed by atoms with Crippen LogP contribution in [-0.4, -0.2) is 53.0 Å². The number of aromatic nitrogens is 2. The van der Waals surface area contributed by atoms with Gasteiger partial charge < -0.3 is 24.5 Å². The first-order chi connectivity index (χ1) is 14.0. The first-order valence-corrected chi connectivity index (χ1v) is 9.69. The Bertz CT molecular complexity index is 1010. The monoisotopic (exact) mass is 395 g/mol. The number of nitrogens with zero attached hydrogens (tertiary/aromatic N) is 2. The van der Waals surface area contributed by atoms with Crippen molar-refractivity contribution < 1.29 is 19.4 Å². The van der Waals surface area contributed by atoms with Crippen LogP contribution < -0.4 is 10.1 Å². The quantitative estimate of drug-likeness (QED) is 0.691. The fraction of sp³-hybridized carbons (Fsp3) is 0.364. The minimum atomic E-state index is -0.605. The van der Waals surface area contributed by atoms with E-state index >= 15 is 0 Å². The normalized spacial score (nSPS) is 19.3. The molecule has 1 amide bonds. The van der Waals surface area contributed by atoms with E-state index in [0.29, 0.717) is 31.7 Å². The molecule has 1 fully saturated rings. The van der Waals surface area contributed by atoms with Gasteiger partial charge in [-0.25, -0.2) is 4.98 Å². The molecule has 3 aromatic rings. The van der Waals surface area contributed by atoms with Crippen LogP contribution in [0.5, 0.6) is 5.75 Å². The number of hydrogen-bond acceptors (Lipinski definition) is 5. The van der Waals surface area contributed by atoms with E-state index in [-0.39, 0.29) is 5.91 Å². The van der Waals surface area contributed by atoms with E-state index in [9.17, 15) is 9.90 Å². The highest BCUT2D eigenvalue weighted by Crippen LogP contribution is 2.23. The number of aliphatic hydroxyl groups is 1. The molecule has 1 aromatic carbocycles. The topological polar surface area (TPSA) is 85.6 Å². The molecule has 0 bridgehead atoms. The molecular formula is C22H25N3O4. The molecule has 1 saturated heterocycles. The van der Waals surface area contributed by atoms with Crippen molar-refractivity contribution in [1.82, 2.24) is 14.9 Å². The summed E-state index contributed by atoms with van der Waals surface area (Å²) in [6.45, 7) is 0.812. The number of carbonyl (C=O) groups is 1. The van der Waals surface area contributed by atoms with E-state index in [4.69, 9.17) is 9.47 Å². The summed E-state index contributed by atoms with van der Waals surface area (Å²) in [4.78, 5) is 17.4. The van der Waals surface area contributed by atoms with E-state index in [0.717, 1.165) is 27.9 Å². The average Bonchev–Trinajstić information content (AvgIpc) is 3.11. The van der Waals surface area contributed by atoms with Crippen LogP contribution in [0, 0.1) is 0 Å². The van der Waals surface area contributed by atoms with Gasteiger partial charge in [-0.3, -0.25) is 4.79 Å². The fourth-order valence-electron chi connectivity index (χ4n) is 3.71. The SMILES string of the molecule is COc1ccc(Cc2cc(C(=O)N[C@H]3COCC[C@@H]3O)nc3ccn(C)c23)cc1. The zero-order chi connectivity index (χ0) is 20.4. The Labute approximate surface area is 169 Å². The fourth-order valence-corrected chi connectivity index (χ4v) is 3.71. The second-order valence-corrected chi connectivity index (χ2v) is 7.36. The van der Waals surface area contributed by atoms with Crippen LogP contribution in [0.25, 0.3) is 11.0 Å². The molecule has 7 nitrogen and oxygen atoms in total. The molecule has 4 rings (SSSR count). The van der Waals surface area contributed by atoms with Gasteiger partial charge in [0.05, 0.1) is 36.9 Å². The zero-order valence-corrected chi connectivity index (χ0v) is 16.6. The largest absolute Gasteiger partial charge is 0.497 e. The Balaban J connectivity index is 1.64.